The first-order valence-corrected chi connectivity index (χ1v) is 8.42. The van der Waals surface area contributed by atoms with Gasteiger partial charge in [-0.1, -0.05) is 11.6 Å². The van der Waals surface area contributed by atoms with Crippen LogP contribution >= 0.6 is 11.6 Å². The Morgan fingerprint density at radius 1 is 1.40 bits per heavy atom. The van der Waals surface area contributed by atoms with Crippen molar-refractivity contribution in [1.82, 2.24) is 15.1 Å². The van der Waals surface area contributed by atoms with Gasteiger partial charge < -0.3 is 10.2 Å². The van der Waals surface area contributed by atoms with E-state index in [-0.39, 0.29) is 16.6 Å². The first kappa shape index (κ1) is 17.7. The Kier molecular flexibility index (Phi) is 4.69. The number of aromatic amines is 1. The largest absolute Gasteiger partial charge is 0.322 e. The minimum atomic E-state index is -0.895. The van der Waals surface area contributed by atoms with Gasteiger partial charge in [0, 0.05) is 28.4 Å². The molecule has 3 rings (SSSR count). The fraction of sp³-hybridized carbons (Fsp3) is 0.412. The van der Waals surface area contributed by atoms with E-state index >= 15 is 0 Å². The average Bonchev–Trinajstić information content (AvgIpc) is 3.15. The summed E-state index contributed by atoms with van der Waals surface area (Å²) < 4.78 is 28.4. The Bertz CT molecular complexity index is 817. The minimum absolute atomic E-state index is 0.0169. The van der Waals surface area contributed by atoms with Crippen LogP contribution in [0, 0.1) is 32.4 Å². The van der Waals surface area contributed by atoms with Crippen LogP contribution in [-0.2, 0) is 0 Å². The van der Waals surface area contributed by atoms with Gasteiger partial charge in [-0.25, -0.2) is 13.6 Å². The molecule has 2 N–H and O–H groups in total. The number of H-pyrrole nitrogens is 1. The average molecular weight is 369 g/mol. The van der Waals surface area contributed by atoms with E-state index in [2.05, 4.69) is 15.5 Å². The molecule has 25 heavy (non-hydrogen) atoms. The summed E-state index contributed by atoms with van der Waals surface area (Å²) >= 11 is 5.77. The third-order valence-corrected chi connectivity index (χ3v) is 5.06. The van der Waals surface area contributed by atoms with Crippen molar-refractivity contribution in [3.63, 3.8) is 0 Å². The van der Waals surface area contributed by atoms with Crippen molar-refractivity contribution in [2.75, 3.05) is 11.9 Å². The van der Waals surface area contributed by atoms with E-state index in [1.165, 1.54) is 6.92 Å². The van der Waals surface area contributed by atoms with Gasteiger partial charge in [-0.3, -0.25) is 5.10 Å². The highest BCUT2D eigenvalue weighted by molar-refractivity contribution is 6.31. The molecule has 0 radical (unpaired) electrons. The van der Waals surface area contributed by atoms with E-state index in [1.54, 1.807) is 4.90 Å². The van der Waals surface area contributed by atoms with Gasteiger partial charge in [-0.15, -0.1) is 0 Å². The summed E-state index contributed by atoms with van der Waals surface area (Å²) in [6.45, 7) is 5.71. The fourth-order valence-corrected chi connectivity index (χ4v) is 3.52. The predicted octanol–water partition coefficient (Wildman–Crippen LogP) is 4.64. The van der Waals surface area contributed by atoms with E-state index in [9.17, 15) is 13.6 Å². The van der Waals surface area contributed by atoms with E-state index in [4.69, 9.17) is 11.6 Å². The summed E-state index contributed by atoms with van der Waals surface area (Å²) in [4.78, 5) is 14.3. The topological polar surface area (TPSA) is 61.0 Å². The van der Waals surface area contributed by atoms with Crippen molar-refractivity contribution in [1.29, 1.82) is 0 Å². The van der Waals surface area contributed by atoms with Gasteiger partial charge in [0.1, 0.15) is 5.69 Å². The van der Waals surface area contributed by atoms with Gasteiger partial charge in [0.05, 0.1) is 11.7 Å². The van der Waals surface area contributed by atoms with Crippen molar-refractivity contribution in [2.45, 2.75) is 39.7 Å². The van der Waals surface area contributed by atoms with Crippen LogP contribution in [0.5, 0.6) is 0 Å². The van der Waals surface area contributed by atoms with Crippen LogP contribution in [0.2, 0.25) is 5.02 Å². The van der Waals surface area contributed by atoms with Crippen molar-refractivity contribution in [2.24, 2.45) is 0 Å². The number of nitrogens with zero attached hydrogens (tertiary/aromatic N) is 2. The zero-order valence-corrected chi connectivity index (χ0v) is 15.0. The Morgan fingerprint density at radius 3 is 2.76 bits per heavy atom. The number of hydrogen-bond acceptors (Lipinski definition) is 2. The zero-order chi connectivity index (χ0) is 18.3. The van der Waals surface area contributed by atoms with Gasteiger partial charge >= 0.3 is 6.03 Å². The number of urea groups is 1. The normalized spacial score (nSPS) is 17.2. The number of aromatic nitrogens is 2. The van der Waals surface area contributed by atoms with Crippen molar-refractivity contribution in [3.8, 4) is 0 Å². The smallest absolute Gasteiger partial charge is 0.317 e. The highest BCUT2D eigenvalue weighted by Gasteiger charge is 2.33. The maximum atomic E-state index is 14.3. The molecule has 5 nitrogen and oxygen atoms in total. The van der Waals surface area contributed by atoms with Crippen LogP contribution < -0.4 is 5.32 Å². The van der Waals surface area contributed by atoms with Gasteiger partial charge in [0.2, 0.25) is 0 Å². The molecule has 134 valence electrons. The first-order valence-electron chi connectivity index (χ1n) is 8.04. The molecular formula is C17H19ClF2N4O. The monoisotopic (exact) mass is 368 g/mol. The SMILES string of the molecule is Cc1n[nH]c(C)c1C1CCCN1C(=O)Nc1c(F)cc(Cl)c(C)c1F. The minimum Gasteiger partial charge on any atom is -0.317 e. The fourth-order valence-electron chi connectivity index (χ4n) is 3.34. The summed E-state index contributed by atoms with van der Waals surface area (Å²) in [7, 11) is 0. The van der Waals surface area contributed by atoms with Crippen LogP contribution in [-0.4, -0.2) is 27.7 Å². The molecule has 1 aliphatic rings. The number of likely N-dealkylation sites (tertiary alicyclic amines) is 1. The molecule has 0 bridgehead atoms. The number of carbonyl (C=O) groups excluding carboxylic acids is 1. The maximum absolute atomic E-state index is 14.3. The second kappa shape index (κ2) is 6.63. The molecule has 0 spiro atoms. The lowest BCUT2D eigenvalue weighted by Gasteiger charge is -2.26. The molecule has 1 saturated heterocycles. The standard InChI is InChI=1S/C17H19ClF2N4O/c1-8-11(18)7-12(19)16(15(8)20)21-17(25)24-6-4-5-13(24)14-9(2)22-23-10(14)3/h7,13H,4-6H2,1-3H3,(H,21,25)(H,22,23). The molecule has 2 aromatic rings. The molecule has 1 unspecified atom stereocenters. The van der Waals surface area contributed by atoms with Gasteiger partial charge in [0.15, 0.2) is 11.6 Å². The maximum Gasteiger partial charge on any atom is 0.322 e. The quantitative estimate of drug-likeness (QED) is 0.811. The van der Waals surface area contributed by atoms with Crippen LogP contribution in [0.4, 0.5) is 19.3 Å². The number of hydrogen-bond donors (Lipinski definition) is 2. The number of nitrogens with one attached hydrogen (secondary N) is 2. The molecule has 0 saturated carbocycles. The molecule has 1 aliphatic heterocycles. The number of halogens is 3. The van der Waals surface area contributed by atoms with Gasteiger partial charge in [-0.05, 0) is 39.7 Å². The first-order chi connectivity index (χ1) is 11.8. The lowest BCUT2D eigenvalue weighted by Crippen LogP contribution is -2.35. The molecule has 0 aliphatic carbocycles. The number of anilines is 1. The van der Waals surface area contributed by atoms with E-state index < -0.39 is 23.4 Å². The molecule has 1 atom stereocenters. The number of carbonyl (C=O) groups is 1. The van der Waals surface area contributed by atoms with Crippen LogP contribution in [0.3, 0.4) is 0 Å². The Morgan fingerprint density at radius 2 is 2.12 bits per heavy atom. The third kappa shape index (κ3) is 3.08. The molecule has 2 heterocycles. The number of rotatable bonds is 2. The Labute approximate surface area is 149 Å². The van der Waals surface area contributed by atoms with Gasteiger partial charge in [-0.2, -0.15) is 5.10 Å². The molecule has 8 heteroatoms. The Hall–Kier alpha value is -2.15. The third-order valence-electron chi connectivity index (χ3n) is 4.66. The summed E-state index contributed by atoms with van der Waals surface area (Å²) in [6, 6.07) is 0.293. The van der Waals surface area contributed by atoms with E-state index in [1.807, 2.05) is 13.8 Å². The summed E-state index contributed by atoms with van der Waals surface area (Å²) in [6.07, 6.45) is 1.59. The number of amides is 2. The highest BCUT2D eigenvalue weighted by Crippen LogP contribution is 2.36. The summed E-state index contributed by atoms with van der Waals surface area (Å²) in [5.41, 5.74) is 2.29. The van der Waals surface area contributed by atoms with Crippen LogP contribution in [0.25, 0.3) is 0 Å². The van der Waals surface area contributed by atoms with Crippen molar-refractivity contribution >= 4 is 23.3 Å². The number of aryl methyl sites for hydroxylation is 2. The second-order valence-corrected chi connectivity index (χ2v) is 6.69. The zero-order valence-electron chi connectivity index (χ0n) is 14.2. The van der Waals surface area contributed by atoms with Crippen LogP contribution in [0.1, 0.15) is 41.4 Å². The summed E-state index contributed by atoms with van der Waals surface area (Å²) in [5, 5.41) is 9.43. The lowest BCUT2D eigenvalue weighted by molar-refractivity contribution is 0.206. The van der Waals surface area contributed by atoms with E-state index in [0.29, 0.717) is 6.54 Å². The van der Waals surface area contributed by atoms with E-state index in [0.717, 1.165) is 35.9 Å². The van der Waals surface area contributed by atoms with Crippen molar-refractivity contribution in [3.05, 3.63) is 45.2 Å². The number of benzene rings is 1. The predicted molar refractivity (Wildman–Crippen MR) is 91.9 cm³/mol. The molecule has 1 aromatic heterocycles. The second-order valence-electron chi connectivity index (χ2n) is 6.28. The summed E-state index contributed by atoms with van der Waals surface area (Å²) in [5.74, 6) is -1.75. The Balaban J connectivity index is 1.88. The molecular weight excluding hydrogens is 350 g/mol. The molecule has 1 aromatic carbocycles. The highest BCUT2D eigenvalue weighted by atomic mass is 35.5. The van der Waals surface area contributed by atoms with Gasteiger partial charge in [0.25, 0.3) is 0 Å². The lowest BCUT2D eigenvalue weighted by atomic mass is 10.0. The van der Waals surface area contributed by atoms with Crippen LogP contribution in [0.15, 0.2) is 6.07 Å². The molecule has 2 amide bonds. The molecule has 1 fully saturated rings. The van der Waals surface area contributed by atoms with Crippen molar-refractivity contribution < 1.29 is 13.6 Å².